The summed E-state index contributed by atoms with van der Waals surface area (Å²) in [6.45, 7) is 5.20. The second kappa shape index (κ2) is 9.38. The molecule has 0 saturated heterocycles. The minimum atomic E-state index is -0.899. The lowest BCUT2D eigenvalue weighted by Gasteiger charge is -2.12. The third kappa shape index (κ3) is 4.90. The van der Waals surface area contributed by atoms with Gasteiger partial charge in [0, 0.05) is 10.6 Å². The zero-order valence-corrected chi connectivity index (χ0v) is 16.6. The standard InChI is InChI=1S/C19H22ClN3O5/c1-4-27-19(26)15-11(3)28-18(16(15)17(21)25)23-14(24)9-22-10(2)12-7-5-6-8-13(12)20/h5-8,10,22H,4,9H2,1-3H3,(H2,21,25)(H,23,24)/p+1/t10-/m1/s1. The van der Waals surface area contributed by atoms with Crippen molar-refractivity contribution in [1.29, 1.82) is 0 Å². The number of carbonyl (C=O) groups excluding carboxylic acids is 3. The number of benzene rings is 1. The molecule has 1 heterocycles. The summed E-state index contributed by atoms with van der Waals surface area (Å²) in [4.78, 5) is 36.2. The SMILES string of the molecule is CCOC(=O)c1c(C)oc(NC(=O)C[NH2+][C@H](C)c2ccccc2Cl)c1C(N)=O. The Balaban J connectivity index is 2.11. The summed E-state index contributed by atoms with van der Waals surface area (Å²) in [5.41, 5.74) is 5.98. The molecule has 2 aromatic rings. The fourth-order valence-electron chi connectivity index (χ4n) is 2.75. The number of halogens is 1. The first-order valence-corrected chi connectivity index (χ1v) is 9.11. The van der Waals surface area contributed by atoms with Crippen LogP contribution < -0.4 is 16.4 Å². The maximum Gasteiger partial charge on any atom is 0.342 e. The van der Waals surface area contributed by atoms with Crippen molar-refractivity contribution < 1.29 is 28.9 Å². The van der Waals surface area contributed by atoms with Gasteiger partial charge in [-0.15, -0.1) is 0 Å². The van der Waals surface area contributed by atoms with Crippen molar-refractivity contribution in [2.45, 2.75) is 26.8 Å². The molecule has 0 aliphatic heterocycles. The van der Waals surface area contributed by atoms with E-state index < -0.39 is 17.8 Å². The van der Waals surface area contributed by atoms with Gasteiger partial charge in [0.2, 0.25) is 5.88 Å². The molecule has 0 bridgehead atoms. The second-order valence-electron chi connectivity index (χ2n) is 6.12. The average molecular weight is 409 g/mol. The van der Waals surface area contributed by atoms with Crippen LogP contribution in [-0.2, 0) is 9.53 Å². The average Bonchev–Trinajstić information content (AvgIpc) is 2.96. The number of primary amides is 1. The van der Waals surface area contributed by atoms with Gasteiger partial charge < -0.3 is 20.2 Å². The van der Waals surface area contributed by atoms with E-state index in [1.165, 1.54) is 6.92 Å². The van der Waals surface area contributed by atoms with Gasteiger partial charge in [-0.25, -0.2) is 4.79 Å². The van der Waals surface area contributed by atoms with Gasteiger partial charge in [0.15, 0.2) is 6.54 Å². The predicted octanol–water partition coefficient (Wildman–Crippen LogP) is 1.78. The van der Waals surface area contributed by atoms with E-state index in [1.807, 2.05) is 25.1 Å². The summed E-state index contributed by atoms with van der Waals surface area (Å²) < 4.78 is 10.3. The van der Waals surface area contributed by atoms with Crippen LogP contribution in [0.1, 0.15) is 51.9 Å². The van der Waals surface area contributed by atoms with E-state index in [1.54, 1.807) is 18.3 Å². The van der Waals surface area contributed by atoms with Crippen LogP contribution >= 0.6 is 11.6 Å². The zero-order chi connectivity index (χ0) is 20.8. The van der Waals surface area contributed by atoms with Crippen molar-refractivity contribution in [1.82, 2.24) is 0 Å². The maximum absolute atomic E-state index is 12.3. The summed E-state index contributed by atoms with van der Waals surface area (Å²) in [6.07, 6.45) is 0. The number of rotatable bonds is 8. The molecule has 8 nitrogen and oxygen atoms in total. The molecule has 9 heteroatoms. The van der Waals surface area contributed by atoms with Crippen molar-refractivity contribution in [3.05, 3.63) is 51.7 Å². The monoisotopic (exact) mass is 408 g/mol. The number of ether oxygens (including phenoxy) is 1. The summed E-state index contributed by atoms with van der Waals surface area (Å²) in [5.74, 6) is -2.10. The molecule has 0 fully saturated rings. The highest BCUT2D eigenvalue weighted by atomic mass is 35.5. The van der Waals surface area contributed by atoms with E-state index in [9.17, 15) is 14.4 Å². The molecule has 2 rings (SSSR count). The molecule has 0 spiro atoms. The third-order valence-electron chi connectivity index (χ3n) is 4.12. The normalized spacial score (nSPS) is 11.7. The molecule has 0 saturated carbocycles. The highest BCUT2D eigenvalue weighted by molar-refractivity contribution is 6.31. The first-order chi connectivity index (χ1) is 13.3. The number of nitrogens with one attached hydrogen (secondary N) is 1. The van der Waals surface area contributed by atoms with Crippen LogP contribution in [0.5, 0.6) is 0 Å². The van der Waals surface area contributed by atoms with Gasteiger partial charge in [-0.3, -0.25) is 14.9 Å². The van der Waals surface area contributed by atoms with Gasteiger partial charge in [0.25, 0.3) is 11.8 Å². The van der Waals surface area contributed by atoms with Gasteiger partial charge in [0.05, 0.1) is 6.61 Å². The van der Waals surface area contributed by atoms with E-state index in [2.05, 4.69) is 5.32 Å². The Hall–Kier alpha value is -2.84. The van der Waals surface area contributed by atoms with E-state index in [-0.39, 0.29) is 42.0 Å². The van der Waals surface area contributed by atoms with Gasteiger partial charge in [-0.05, 0) is 26.8 Å². The van der Waals surface area contributed by atoms with Crippen molar-refractivity contribution in [2.24, 2.45) is 5.73 Å². The third-order valence-corrected chi connectivity index (χ3v) is 4.46. The number of esters is 1. The fraction of sp³-hybridized carbons (Fsp3) is 0.316. The smallest absolute Gasteiger partial charge is 0.342 e. The van der Waals surface area contributed by atoms with E-state index in [0.29, 0.717) is 5.02 Å². The molecular weight excluding hydrogens is 386 g/mol. The lowest BCUT2D eigenvalue weighted by Crippen LogP contribution is -2.86. The van der Waals surface area contributed by atoms with Crippen molar-refractivity contribution in [3.8, 4) is 0 Å². The lowest BCUT2D eigenvalue weighted by atomic mass is 10.1. The van der Waals surface area contributed by atoms with Crippen molar-refractivity contribution in [2.75, 3.05) is 18.5 Å². The number of hydrogen-bond donors (Lipinski definition) is 3. The largest absolute Gasteiger partial charge is 0.462 e. The number of anilines is 1. The number of quaternary nitrogens is 1. The Morgan fingerprint density at radius 2 is 1.96 bits per heavy atom. The van der Waals surface area contributed by atoms with Crippen LogP contribution in [0.15, 0.2) is 28.7 Å². The van der Waals surface area contributed by atoms with E-state index in [4.69, 9.17) is 26.5 Å². The number of nitrogens with two attached hydrogens (primary N) is 2. The van der Waals surface area contributed by atoms with Crippen molar-refractivity contribution in [3.63, 3.8) is 0 Å². The number of amides is 2. The summed E-state index contributed by atoms with van der Waals surface area (Å²) in [5, 5.41) is 4.89. The zero-order valence-electron chi connectivity index (χ0n) is 15.9. The molecule has 1 aromatic heterocycles. The second-order valence-corrected chi connectivity index (χ2v) is 6.53. The Kier molecular flexibility index (Phi) is 7.19. The van der Waals surface area contributed by atoms with Crippen LogP contribution in [0, 0.1) is 6.92 Å². The lowest BCUT2D eigenvalue weighted by molar-refractivity contribution is -0.682. The Morgan fingerprint density at radius 1 is 1.29 bits per heavy atom. The highest BCUT2D eigenvalue weighted by Gasteiger charge is 2.29. The Morgan fingerprint density at radius 3 is 2.57 bits per heavy atom. The summed E-state index contributed by atoms with van der Waals surface area (Å²) in [7, 11) is 0. The van der Waals surface area contributed by atoms with Crippen LogP contribution in [-0.4, -0.2) is 30.9 Å². The topological polar surface area (TPSA) is 128 Å². The van der Waals surface area contributed by atoms with Crippen LogP contribution in [0.3, 0.4) is 0 Å². The number of carbonyl (C=O) groups is 3. The molecule has 5 N–H and O–H groups in total. The quantitative estimate of drug-likeness (QED) is 0.573. The summed E-state index contributed by atoms with van der Waals surface area (Å²) >= 11 is 6.16. The van der Waals surface area contributed by atoms with Crippen LogP contribution in [0.25, 0.3) is 0 Å². The van der Waals surface area contributed by atoms with Crippen LogP contribution in [0.4, 0.5) is 5.88 Å². The van der Waals surface area contributed by atoms with E-state index >= 15 is 0 Å². The molecule has 1 aromatic carbocycles. The fourth-order valence-corrected chi connectivity index (χ4v) is 3.06. The molecule has 150 valence electrons. The summed E-state index contributed by atoms with van der Waals surface area (Å²) in [6, 6.07) is 7.30. The Bertz CT molecular complexity index is 894. The minimum Gasteiger partial charge on any atom is -0.462 e. The molecule has 0 radical (unpaired) electrons. The molecular formula is C19H23ClN3O5+. The molecule has 2 amide bonds. The molecule has 1 atom stereocenters. The molecule has 0 aliphatic carbocycles. The van der Waals surface area contributed by atoms with Gasteiger partial charge in [0.1, 0.15) is 22.9 Å². The first-order valence-electron chi connectivity index (χ1n) is 8.74. The van der Waals surface area contributed by atoms with Gasteiger partial charge >= 0.3 is 5.97 Å². The minimum absolute atomic E-state index is 0.0408. The van der Waals surface area contributed by atoms with E-state index in [0.717, 1.165) is 5.56 Å². The number of furan rings is 1. The van der Waals surface area contributed by atoms with Gasteiger partial charge in [-0.2, -0.15) is 0 Å². The van der Waals surface area contributed by atoms with Gasteiger partial charge in [-0.1, -0.05) is 29.8 Å². The molecule has 28 heavy (non-hydrogen) atoms. The number of aryl methyl sites for hydroxylation is 1. The van der Waals surface area contributed by atoms with Crippen LogP contribution in [0.2, 0.25) is 5.02 Å². The number of hydrogen-bond acceptors (Lipinski definition) is 5. The maximum atomic E-state index is 12.3. The first kappa shape index (κ1) is 21.5. The Labute approximate surface area is 167 Å². The highest BCUT2D eigenvalue weighted by Crippen LogP contribution is 2.27. The van der Waals surface area contributed by atoms with Crippen molar-refractivity contribution >= 4 is 35.3 Å². The molecule has 0 aliphatic rings. The molecule has 0 unspecified atom stereocenters. The predicted molar refractivity (Wildman–Crippen MR) is 103 cm³/mol.